The summed E-state index contributed by atoms with van der Waals surface area (Å²) in [6.45, 7) is 12.5. The third kappa shape index (κ3) is 3.40. The molecule has 0 aromatic carbocycles. The monoisotopic (exact) mass is 346 g/mol. The molecule has 3 aliphatic carbocycles. The summed E-state index contributed by atoms with van der Waals surface area (Å²) in [5.74, 6) is 1.99. The standard InChI is InChI=1S/C21H30O4/c1-5-17(22)24-12-20(3)10-14-9-15(11-20)19-16(14)7-8-21(19,4)13-25-18(23)6-2/h5-6,14-16,19H,1-2,7-13H2,3-4H3. The van der Waals surface area contributed by atoms with Crippen LogP contribution in [0.3, 0.4) is 0 Å². The molecule has 0 saturated heterocycles. The van der Waals surface area contributed by atoms with Crippen molar-refractivity contribution >= 4 is 11.9 Å². The van der Waals surface area contributed by atoms with Crippen LogP contribution in [0.25, 0.3) is 0 Å². The van der Waals surface area contributed by atoms with Gasteiger partial charge in [-0.3, -0.25) is 0 Å². The van der Waals surface area contributed by atoms with E-state index in [-0.39, 0.29) is 22.8 Å². The highest BCUT2D eigenvalue weighted by Gasteiger charge is 2.60. The molecule has 0 N–H and O–H groups in total. The van der Waals surface area contributed by atoms with Crippen molar-refractivity contribution in [2.75, 3.05) is 13.2 Å². The maximum absolute atomic E-state index is 11.5. The molecule has 0 aliphatic heterocycles. The lowest BCUT2D eigenvalue weighted by atomic mass is 9.66. The summed E-state index contributed by atoms with van der Waals surface area (Å²) in [4.78, 5) is 23.0. The molecule has 0 aromatic heterocycles. The Morgan fingerprint density at radius 2 is 1.64 bits per heavy atom. The lowest BCUT2D eigenvalue weighted by molar-refractivity contribution is -0.142. The van der Waals surface area contributed by atoms with Crippen molar-refractivity contribution in [3.05, 3.63) is 25.3 Å². The molecule has 4 heteroatoms. The number of hydrogen-bond donors (Lipinski definition) is 0. The van der Waals surface area contributed by atoms with Crippen LogP contribution in [-0.2, 0) is 19.1 Å². The van der Waals surface area contributed by atoms with Gasteiger partial charge in [0.05, 0.1) is 13.2 Å². The van der Waals surface area contributed by atoms with Gasteiger partial charge in [-0.05, 0) is 55.8 Å². The van der Waals surface area contributed by atoms with E-state index >= 15 is 0 Å². The van der Waals surface area contributed by atoms with Gasteiger partial charge in [-0.1, -0.05) is 27.0 Å². The van der Waals surface area contributed by atoms with E-state index in [1.54, 1.807) is 0 Å². The second kappa shape index (κ2) is 6.62. The zero-order valence-electron chi connectivity index (χ0n) is 15.5. The number of ether oxygens (including phenoxy) is 2. The molecule has 0 heterocycles. The van der Waals surface area contributed by atoms with E-state index in [9.17, 15) is 9.59 Å². The number of carbonyl (C=O) groups excluding carboxylic acids is 2. The van der Waals surface area contributed by atoms with Gasteiger partial charge in [0.15, 0.2) is 0 Å². The van der Waals surface area contributed by atoms with Crippen LogP contribution in [0.2, 0.25) is 0 Å². The molecule has 0 radical (unpaired) electrons. The Bertz CT molecular complexity index is 582. The number of carbonyl (C=O) groups is 2. The summed E-state index contributed by atoms with van der Waals surface area (Å²) in [6.07, 6.45) is 8.30. The maximum Gasteiger partial charge on any atom is 0.330 e. The van der Waals surface area contributed by atoms with Crippen LogP contribution in [-0.4, -0.2) is 25.2 Å². The second-order valence-electron chi connectivity index (χ2n) is 8.98. The molecule has 2 bridgehead atoms. The van der Waals surface area contributed by atoms with Crippen LogP contribution in [0.5, 0.6) is 0 Å². The average molecular weight is 346 g/mol. The third-order valence-corrected chi connectivity index (χ3v) is 6.98. The number of rotatable bonds is 6. The van der Waals surface area contributed by atoms with E-state index < -0.39 is 0 Å². The normalized spacial score (nSPS) is 41.7. The predicted octanol–water partition coefficient (Wildman–Crippen LogP) is 3.91. The molecule has 0 aromatic rings. The molecule has 138 valence electrons. The van der Waals surface area contributed by atoms with Crippen molar-refractivity contribution in [3.8, 4) is 0 Å². The predicted molar refractivity (Wildman–Crippen MR) is 95.6 cm³/mol. The fourth-order valence-corrected chi connectivity index (χ4v) is 6.20. The highest BCUT2D eigenvalue weighted by Crippen LogP contribution is 2.66. The van der Waals surface area contributed by atoms with Crippen molar-refractivity contribution in [1.29, 1.82) is 0 Å². The zero-order chi connectivity index (χ0) is 18.2. The van der Waals surface area contributed by atoms with Crippen LogP contribution in [0.1, 0.15) is 46.0 Å². The van der Waals surface area contributed by atoms with Crippen LogP contribution in [0.4, 0.5) is 0 Å². The number of esters is 2. The van der Waals surface area contributed by atoms with Gasteiger partial charge in [0.25, 0.3) is 0 Å². The molecular weight excluding hydrogens is 316 g/mol. The summed E-state index contributed by atoms with van der Waals surface area (Å²) in [6, 6.07) is 0. The van der Waals surface area contributed by atoms with Crippen molar-refractivity contribution in [1.82, 2.24) is 0 Å². The van der Waals surface area contributed by atoms with Gasteiger partial charge in [-0.2, -0.15) is 0 Å². The highest BCUT2D eigenvalue weighted by molar-refractivity contribution is 5.81. The highest BCUT2D eigenvalue weighted by atomic mass is 16.5. The van der Waals surface area contributed by atoms with Gasteiger partial charge in [0.2, 0.25) is 0 Å². The fourth-order valence-electron chi connectivity index (χ4n) is 6.20. The molecule has 3 fully saturated rings. The molecular formula is C21H30O4. The molecule has 3 saturated carbocycles. The SMILES string of the molecule is C=CC(=O)OCC1(C)CC2CC(C1)C1C2CCC1(C)COC(=O)C=C. The summed E-state index contributed by atoms with van der Waals surface area (Å²) in [7, 11) is 0. The summed E-state index contributed by atoms with van der Waals surface area (Å²) >= 11 is 0. The summed E-state index contributed by atoms with van der Waals surface area (Å²) in [5.41, 5.74) is 0.112. The molecule has 6 unspecified atom stereocenters. The maximum atomic E-state index is 11.5. The first kappa shape index (κ1) is 18.2. The Kier molecular flexibility index (Phi) is 4.82. The molecule has 3 rings (SSSR count). The lowest BCUT2D eigenvalue weighted by Crippen LogP contribution is -2.36. The van der Waals surface area contributed by atoms with E-state index in [4.69, 9.17) is 9.47 Å². The van der Waals surface area contributed by atoms with E-state index in [0.717, 1.165) is 25.2 Å². The smallest absolute Gasteiger partial charge is 0.330 e. The van der Waals surface area contributed by atoms with Gasteiger partial charge in [0, 0.05) is 23.0 Å². The van der Waals surface area contributed by atoms with Crippen LogP contribution in [0.15, 0.2) is 25.3 Å². The van der Waals surface area contributed by atoms with Crippen molar-refractivity contribution in [2.24, 2.45) is 34.5 Å². The summed E-state index contributed by atoms with van der Waals surface area (Å²) < 4.78 is 10.8. The first-order valence-electron chi connectivity index (χ1n) is 9.39. The Morgan fingerprint density at radius 3 is 2.28 bits per heavy atom. The topological polar surface area (TPSA) is 52.6 Å². The number of fused-ring (bicyclic) bond motifs is 5. The fraction of sp³-hybridized carbons (Fsp3) is 0.714. The van der Waals surface area contributed by atoms with Gasteiger partial charge in [0.1, 0.15) is 0 Å². The van der Waals surface area contributed by atoms with Crippen LogP contribution < -0.4 is 0 Å². The van der Waals surface area contributed by atoms with Gasteiger partial charge < -0.3 is 9.47 Å². The quantitative estimate of drug-likeness (QED) is 0.540. The summed E-state index contributed by atoms with van der Waals surface area (Å²) in [5, 5.41) is 0. The number of hydrogen-bond acceptors (Lipinski definition) is 4. The Balaban J connectivity index is 1.70. The lowest BCUT2D eigenvalue weighted by Gasteiger charge is -2.40. The average Bonchev–Trinajstić information content (AvgIpc) is 3.07. The minimum atomic E-state index is -0.333. The van der Waals surface area contributed by atoms with Gasteiger partial charge in [-0.25, -0.2) is 9.59 Å². The largest absolute Gasteiger partial charge is 0.462 e. The molecule has 6 atom stereocenters. The Hall–Kier alpha value is -1.58. The molecule has 3 aliphatic rings. The van der Waals surface area contributed by atoms with E-state index in [1.165, 1.54) is 25.0 Å². The zero-order valence-corrected chi connectivity index (χ0v) is 15.5. The van der Waals surface area contributed by atoms with Crippen molar-refractivity contribution < 1.29 is 19.1 Å². The minimum Gasteiger partial charge on any atom is -0.462 e. The van der Waals surface area contributed by atoms with E-state index in [2.05, 4.69) is 27.0 Å². The van der Waals surface area contributed by atoms with Crippen LogP contribution in [0, 0.1) is 34.5 Å². The first-order valence-corrected chi connectivity index (χ1v) is 9.39. The van der Waals surface area contributed by atoms with Crippen LogP contribution >= 0.6 is 0 Å². The Labute approximate surface area is 150 Å². The van der Waals surface area contributed by atoms with E-state index in [0.29, 0.717) is 31.0 Å². The van der Waals surface area contributed by atoms with Gasteiger partial charge >= 0.3 is 11.9 Å². The van der Waals surface area contributed by atoms with E-state index in [1.807, 2.05) is 0 Å². The van der Waals surface area contributed by atoms with Crippen molar-refractivity contribution in [2.45, 2.75) is 46.0 Å². The first-order chi connectivity index (χ1) is 11.8. The molecule has 25 heavy (non-hydrogen) atoms. The Morgan fingerprint density at radius 1 is 1.04 bits per heavy atom. The van der Waals surface area contributed by atoms with Crippen molar-refractivity contribution in [3.63, 3.8) is 0 Å². The molecule has 0 amide bonds. The molecule has 4 nitrogen and oxygen atoms in total. The van der Waals surface area contributed by atoms with Gasteiger partial charge in [-0.15, -0.1) is 0 Å². The second-order valence-corrected chi connectivity index (χ2v) is 8.98. The third-order valence-electron chi connectivity index (χ3n) is 6.98. The molecule has 0 spiro atoms. The minimum absolute atomic E-state index is 0.0509.